The second kappa shape index (κ2) is 13.2. The lowest BCUT2D eigenvalue weighted by Gasteiger charge is -2.46. The first-order valence-electron chi connectivity index (χ1n) is 13.9. The number of aryl methyl sites for hydroxylation is 1. The number of nitrogens with zero attached hydrogens (tertiary/aromatic N) is 5. The van der Waals surface area contributed by atoms with Crippen LogP contribution in [-0.2, 0) is 4.79 Å². The van der Waals surface area contributed by atoms with E-state index in [4.69, 9.17) is 16.3 Å². The van der Waals surface area contributed by atoms with Crippen molar-refractivity contribution in [3.8, 4) is 5.88 Å². The van der Waals surface area contributed by atoms with Crippen molar-refractivity contribution in [2.75, 3.05) is 13.1 Å². The molecule has 1 unspecified atom stereocenters. The Kier molecular flexibility index (Phi) is 9.78. The van der Waals surface area contributed by atoms with E-state index >= 15 is 8.78 Å². The van der Waals surface area contributed by atoms with Gasteiger partial charge in [0, 0.05) is 36.8 Å². The molecular formula is C32H33ClF3N5O3. The van der Waals surface area contributed by atoms with Crippen molar-refractivity contribution in [1.82, 2.24) is 19.4 Å². The third kappa shape index (κ3) is 6.77. The van der Waals surface area contributed by atoms with Gasteiger partial charge in [0.15, 0.2) is 11.6 Å². The van der Waals surface area contributed by atoms with Crippen LogP contribution >= 0.6 is 11.6 Å². The zero-order chi connectivity index (χ0) is 32.3. The average Bonchev–Trinajstić information content (AvgIpc) is 2.96. The summed E-state index contributed by atoms with van der Waals surface area (Å²) in [6, 6.07) is 4.29. The number of halogens is 4. The minimum atomic E-state index is -1.02. The van der Waals surface area contributed by atoms with Crippen molar-refractivity contribution in [3.05, 3.63) is 104 Å². The summed E-state index contributed by atoms with van der Waals surface area (Å²) < 4.78 is 52.3. The number of aromatic nitrogens is 3. The maximum absolute atomic E-state index is 15.9. The lowest BCUT2D eigenvalue weighted by Crippen LogP contribution is -2.64. The summed E-state index contributed by atoms with van der Waals surface area (Å²) in [5.74, 6) is -3.49. The van der Waals surface area contributed by atoms with E-state index in [9.17, 15) is 14.0 Å². The van der Waals surface area contributed by atoms with Gasteiger partial charge in [-0.1, -0.05) is 31.5 Å². The summed E-state index contributed by atoms with van der Waals surface area (Å²) in [6.45, 7) is 10.6. The van der Waals surface area contributed by atoms with E-state index in [-0.39, 0.29) is 47.3 Å². The van der Waals surface area contributed by atoms with Crippen LogP contribution in [0.25, 0.3) is 6.20 Å². The molecule has 1 aliphatic heterocycles. The third-order valence-corrected chi connectivity index (χ3v) is 8.05. The van der Waals surface area contributed by atoms with Gasteiger partial charge in [-0.25, -0.2) is 18.2 Å². The Labute approximate surface area is 258 Å². The predicted octanol–water partition coefficient (Wildman–Crippen LogP) is 6.58. The van der Waals surface area contributed by atoms with Gasteiger partial charge >= 0.3 is 0 Å². The summed E-state index contributed by atoms with van der Waals surface area (Å²) in [4.78, 5) is 38.5. The number of likely N-dealkylation sites (tertiary alicyclic amines) is 1. The molecule has 0 bridgehead atoms. The number of allylic oxidation sites excluding steroid dienone is 2. The molecular weight excluding hydrogens is 595 g/mol. The van der Waals surface area contributed by atoms with Gasteiger partial charge in [-0.2, -0.15) is 0 Å². The molecule has 8 nitrogen and oxygen atoms in total. The maximum atomic E-state index is 15.9. The van der Waals surface area contributed by atoms with Crippen LogP contribution in [0, 0.1) is 18.6 Å². The first kappa shape index (κ1) is 32.7. The first-order chi connectivity index (χ1) is 20.8. The fourth-order valence-electron chi connectivity index (χ4n) is 5.02. The fourth-order valence-corrected chi connectivity index (χ4v) is 5.34. The second-order valence-corrected chi connectivity index (χ2v) is 11.5. The average molecular weight is 628 g/mol. The van der Waals surface area contributed by atoms with E-state index in [1.165, 1.54) is 37.5 Å². The number of ether oxygens (including phenoxy) is 1. The van der Waals surface area contributed by atoms with Crippen LogP contribution in [0.15, 0.2) is 64.7 Å². The van der Waals surface area contributed by atoms with Crippen LogP contribution in [-0.4, -0.2) is 49.7 Å². The lowest BCUT2D eigenvalue weighted by atomic mass is 9.84. The largest absolute Gasteiger partial charge is 0.465 e. The molecule has 2 atom stereocenters. The van der Waals surface area contributed by atoms with Gasteiger partial charge in [-0.05, 0) is 61.9 Å². The number of amides is 1. The zero-order valence-electron chi connectivity index (χ0n) is 25.2. The Hall–Kier alpha value is -4.25. The van der Waals surface area contributed by atoms with Gasteiger partial charge in [-0.15, -0.1) is 0 Å². The number of carbonyl (C=O) groups is 1. The van der Waals surface area contributed by atoms with Crippen LogP contribution in [0.2, 0.25) is 5.02 Å². The van der Waals surface area contributed by atoms with Crippen LogP contribution in [0.4, 0.5) is 13.2 Å². The molecule has 0 aromatic carbocycles. The monoisotopic (exact) mass is 627 g/mol. The Balaban J connectivity index is 1.69. The summed E-state index contributed by atoms with van der Waals surface area (Å²) in [5, 5.41) is -0.130. The van der Waals surface area contributed by atoms with Gasteiger partial charge in [0.25, 0.3) is 11.4 Å². The topological polar surface area (TPSA) is 89.7 Å². The highest BCUT2D eigenvalue weighted by atomic mass is 35.5. The summed E-state index contributed by atoms with van der Waals surface area (Å²) in [5.41, 5.74) is -0.693. The summed E-state index contributed by atoms with van der Waals surface area (Å²) in [7, 11) is 0. The second-order valence-electron chi connectivity index (χ2n) is 11.1. The van der Waals surface area contributed by atoms with E-state index in [0.29, 0.717) is 16.8 Å². The van der Waals surface area contributed by atoms with Crippen molar-refractivity contribution in [2.24, 2.45) is 4.99 Å². The van der Waals surface area contributed by atoms with Gasteiger partial charge in [0.2, 0.25) is 5.91 Å². The normalized spacial score (nSPS) is 16.5. The van der Waals surface area contributed by atoms with E-state index < -0.39 is 34.3 Å². The summed E-state index contributed by atoms with van der Waals surface area (Å²) >= 11 is 6.52. The van der Waals surface area contributed by atoms with E-state index in [0.717, 1.165) is 17.0 Å². The number of carbonyl (C=O) groups excluding carboxylic acids is 1. The first-order valence-corrected chi connectivity index (χ1v) is 14.3. The highest BCUT2D eigenvalue weighted by molar-refractivity contribution is 6.31. The molecule has 44 heavy (non-hydrogen) atoms. The molecule has 1 fully saturated rings. The standard InChI is InChI=1S/C32H33ClF3N5O3/c1-7-9-38-29(24-8-10-39-30(28(24)36)44-32(6)16-40(17-32)21(5)42)26(35)15-41-18(2)11-25(27(33)31(41)43)20(4)19(3)22-12-23(34)14-37-13-22/h7-15,19-20H,16-17H2,1-6H3/b9-7+,26-15-,38-29+/t19-,20?/m0/s1. The molecule has 1 amide bonds. The smallest absolute Gasteiger partial charge is 0.273 e. The van der Waals surface area contributed by atoms with E-state index in [1.807, 2.05) is 13.8 Å². The number of hydrogen-bond donors (Lipinski definition) is 0. The molecule has 232 valence electrons. The molecule has 12 heteroatoms. The molecule has 4 rings (SSSR count). The molecule has 0 radical (unpaired) electrons. The number of aliphatic imine (C=N–C) groups is 1. The lowest BCUT2D eigenvalue weighted by molar-refractivity contribution is -0.146. The minimum absolute atomic E-state index is 0.130. The molecule has 4 heterocycles. The van der Waals surface area contributed by atoms with E-state index in [1.54, 1.807) is 37.9 Å². The maximum Gasteiger partial charge on any atom is 0.273 e. The molecule has 0 aliphatic carbocycles. The van der Waals surface area contributed by atoms with Crippen LogP contribution in [0.1, 0.15) is 68.8 Å². The SMILES string of the molecule is C/C=C/N=C(/C(F)=C/n1c(C)cc(C(C)[C@H](C)c2cncc(F)c2)c(Cl)c1=O)c1ccnc(OC2(C)CN(C(C)=O)C2)c1F. The molecule has 0 spiro atoms. The molecule has 1 aliphatic rings. The Morgan fingerprint density at radius 3 is 2.55 bits per heavy atom. The Morgan fingerprint density at radius 1 is 1.20 bits per heavy atom. The number of rotatable bonds is 9. The summed E-state index contributed by atoms with van der Waals surface area (Å²) in [6.07, 6.45) is 7.65. The third-order valence-electron chi connectivity index (χ3n) is 7.67. The van der Waals surface area contributed by atoms with Crippen molar-refractivity contribution >= 4 is 29.4 Å². The molecule has 3 aromatic rings. The number of pyridine rings is 3. The van der Waals surface area contributed by atoms with Gasteiger partial charge < -0.3 is 9.64 Å². The fraction of sp³-hybridized carbons (Fsp3) is 0.344. The van der Waals surface area contributed by atoms with Gasteiger partial charge in [-0.3, -0.25) is 24.1 Å². The quantitative estimate of drug-likeness (QED) is 0.250. The highest BCUT2D eigenvalue weighted by Crippen LogP contribution is 2.35. The van der Waals surface area contributed by atoms with Gasteiger partial charge in [0.05, 0.1) is 25.5 Å². The Bertz CT molecular complexity index is 1730. The predicted molar refractivity (Wildman–Crippen MR) is 164 cm³/mol. The number of hydrogen-bond acceptors (Lipinski definition) is 6. The van der Waals surface area contributed by atoms with Crippen LogP contribution in [0.3, 0.4) is 0 Å². The molecule has 0 saturated carbocycles. The van der Waals surface area contributed by atoms with Crippen LogP contribution < -0.4 is 10.3 Å². The van der Waals surface area contributed by atoms with Crippen molar-refractivity contribution < 1.29 is 22.7 Å². The van der Waals surface area contributed by atoms with Gasteiger partial charge in [0.1, 0.15) is 22.2 Å². The van der Waals surface area contributed by atoms with E-state index in [2.05, 4.69) is 15.0 Å². The Morgan fingerprint density at radius 2 is 1.91 bits per heavy atom. The van der Waals surface area contributed by atoms with Crippen molar-refractivity contribution in [3.63, 3.8) is 0 Å². The van der Waals surface area contributed by atoms with Crippen molar-refractivity contribution in [2.45, 2.75) is 59.0 Å². The van der Waals surface area contributed by atoms with Crippen molar-refractivity contribution in [1.29, 1.82) is 0 Å². The minimum Gasteiger partial charge on any atom is -0.465 e. The highest BCUT2D eigenvalue weighted by Gasteiger charge is 2.43. The molecule has 3 aromatic heterocycles. The zero-order valence-corrected chi connectivity index (χ0v) is 26.0. The molecule has 1 saturated heterocycles. The molecule has 0 N–H and O–H groups in total. The van der Waals surface area contributed by atoms with Crippen LogP contribution in [0.5, 0.6) is 5.88 Å².